The molecule has 0 bridgehead atoms. The second-order valence-corrected chi connectivity index (χ2v) is 5.29. The highest BCUT2D eigenvalue weighted by Gasteiger charge is 2.18. The van der Waals surface area contributed by atoms with Gasteiger partial charge in [0, 0.05) is 6.04 Å². The second-order valence-electron chi connectivity index (χ2n) is 5.29. The van der Waals surface area contributed by atoms with Gasteiger partial charge in [-0.15, -0.1) is 0 Å². The summed E-state index contributed by atoms with van der Waals surface area (Å²) in [6.45, 7) is 11.3. The fourth-order valence-electron chi connectivity index (χ4n) is 2.34. The van der Waals surface area contributed by atoms with Gasteiger partial charge in [0.05, 0.1) is 0 Å². The maximum absolute atomic E-state index is 13.7. The van der Waals surface area contributed by atoms with Crippen LogP contribution in [0.3, 0.4) is 0 Å². The molecular weight excluding hydrogens is 225 g/mol. The van der Waals surface area contributed by atoms with E-state index in [1.807, 2.05) is 26.0 Å². The SMILES string of the molecule is CCCNC(c1cc(C)c(F)c(C)c1)C(C)CC. The number of nitrogens with one attached hydrogen (secondary N) is 1. The van der Waals surface area contributed by atoms with Gasteiger partial charge in [-0.25, -0.2) is 4.39 Å². The molecule has 0 spiro atoms. The van der Waals surface area contributed by atoms with E-state index < -0.39 is 0 Å². The van der Waals surface area contributed by atoms with Crippen LogP contribution in [0.1, 0.15) is 56.3 Å². The van der Waals surface area contributed by atoms with E-state index in [9.17, 15) is 4.39 Å². The van der Waals surface area contributed by atoms with Crippen molar-refractivity contribution in [3.05, 3.63) is 34.6 Å². The van der Waals surface area contributed by atoms with E-state index in [0.29, 0.717) is 12.0 Å². The molecule has 0 radical (unpaired) electrons. The molecular formula is C16H26FN. The summed E-state index contributed by atoms with van der Waals surface area (Å²) in [6, 6.07) is 4.30. The molecule has 1 N–H and O–H groups in total. The molecule has 1 rings (SSSR count). The smallest absolute Gasteiger partial charge is 0.129 e. The summed E-state index contributed by atoms with van der Waals surface area (Å²) in [5.74, 6) is 0.484. The Morgan fingerprint density at radius 1 is 1.17 bits per heavy atom. The Kier molecular flexibility index (Phi) is 5.80. The van der Waals surface area contributed by atoms with E-state index in [1.54, 1.807) is 0 Å². The molecule has 1 aromatic carbocycles. The number of aryl methyl sites for hydroxylation is 2. The van der Waals surface area contributed by atoms with Crippen molar-refractivity contribution in [3.63, 3.8) is 0 Å². The van der Waals surface area contributed by atoms with Crippen LogP contribution >= 0.6 is 0 Å². The lowest BCUT2D eigenvalue weighted by Crippen LogP contribution is -2.27. The van der Waals surface area contributed by atoms with Gasteiger partial charge in [0.2, 0.25) is 0 Å². The van der Waals surface area contributed by atoms with Gasteiger partial charge in [-0.1, -0.05) is 39.3 Å². The summed E-state index contributed by atoms with van der Waals surface area (Å²) >= 11 is 0. The van der Waals surface area contributed by atoms with Gasteiger partial charge in [-0.05, 0) is 49.4 Å². The standard InChI is InChI=1S/C16H26FN/c1-6-8-18-16(11(3)7-2)14-9-12(4)15(17)13(5)10-14/h9-11,16,18H,6-8H2,1-5H3. The third kappa shape index (κ3) is 3.55. The van der Waals surface area contributed by atoms with E-state index >= 15 is 0 Å². The molecule has 2 unspecified atom stereocenters. The zero-order chi connectivity index (χ0) is 13.7. The first-order valence-electron chi connectivity index (χ1n) is 7.01. The van der Waals surface area contributed by atoms with Crippen LogP contribution in [0.2, 0.25) is 0 Å². The van der Waals surface area contributed by atoms with Crippen LogP contribution in [0.25, 0.3) is 0 Å². The normalized spacial score (nSPS) is 14.6. The number of rotatable bonds is 6. The van der Waals surface area contributed by atoms with Gasteiger partial charge < -0.3 is 5.32 Å². The Hall–Kier alpha value is -0.890. The minimum absolute atomic E-state index is 0.0721. The van der Waals surface area contributed by atoms with Gasteiger partial charge >= 0.3 is 0 Å². The lowest BCUT2D eigenvalue weighted by Gasteiger charge is -2.25. The summed E-state index contributed by atoms with van der Waals surface area (Å²) in [4.78, 5) is 0. The fourth-order valence-corrected chi connectivity index (χ4v) is 2.34. The Morgan fingerprint density at radius 2 is 1.72 bits per heavy atom. The van der Waals surface area contributed by atoms with Crippen molar-refractivity contribution in [1.82, 2.24) is 5.32 Å². The summed E-state index contributed by atoms with van der Waals surface area (Å²) in [5, 5.41) is 3.59. The van der Waals surface area contributed by atoms with Gasteiger partial charge in [0.25, 0.3) is 0 Å². The largest absolute Gasteiger partial charge is 0.310 e. The van der Waals surface area contributed by atoms with Crippen LogP contribution < -0.4 is 5.32 Å². The number of hydrogen-bond acceptors (Lipinski definition) is 1. The monoisotopic (exact) mass is 251 g/mol. The first-order valence-corrected chi connectivity index (χ1v) is 7.01. The Bertz CT molecular complexity index is 364. The van der Waals surface area contributed by atoms with Gasteiger partial charge in [-0.2, -0.15) is 0 Å². The predicted molar refractivity (Wildman–Crippen MR) is 76.4 cm³/mol. The molecule has 1 aromatic rings. The Labute approximate surface area is 111 Å². The number of hydrogen-bond donors (Lipinski definition) is 1. The molecule has 0 saturated carbocycles. The van der Waals surface area contributed by atoms with Crippen molar-refractivity contribution in [3.8, 4) is 0 Å². The van der Waals surface area contributed by atoms with E-state index in [-0.39, 0.29) is 5.82 Å². The third-order valence-electron chi connectivity index (χ3n) is 3.65. The zero-order valence-electron chi connectivity index (χ0n) is 12.3. The Balaban J connectivity index is 3.04. The lowest BCUT2D eigenvalue weighted by atomic mass is 9.90. The van der Waals surface area contributed by atoms with Crippen LogP contribution in [-0.2, 0) is 0 Å². The third-order valence-corrected chi connectivity index (χ3v) is 3.65. The maximum atomic E-state index is 13.7. The first-order chi connectivity index (χ1) is 8.51. The zero-order valence-corrected chi connectivity index (χ0v) is 12.3. The minimum atomic E-state index is -0.0721. The second kappa shape index (κ2) is 6.89. The molecule has 18 heavy (non-hydrogen) atoms. The van der Waals surface area contributed by atoms with Gasteiger partial charge in [0.1, 0.15) is 5.82 Å². The summed E-state index contributed by atoms with van der Waals surface area (Å²) < 4.78 is 13.7. The number of benzene rings is 1. The highest BCUT2D eigenvalue weighted by molar-refractivity contribution is 5.32. The first kappa shape index (κ1) is 15.2. The summed E-state index contributed by atoms with van der Waals surface area (Å²) in [6.07, 6.45) is 2.24. The van der Waals surface area contributed by atoms with E-state index in [1.165, 1.54) is 5.56 Å². The van der Waals surface area contributed by atoms with Crippen molar-refractivity contribution in [2.24, 2.45) is 5.92 Å². The van der Waals surface area contributed by atoms with Crippen LogP contribution in [0.5, 0.6) is 0 Å². The minimum Gasteiger partial charge on any atom is -0.310 e. The highest BCUT2D eigenvalue weighted by atomic mass is 19.1. The molecule has 0 saturated heterocycles. The predicted octanol–water partition coefficient (Wildman–Crippen LogP) is 4.53. The van der Waals surface area contributed by atoms with Gasteiger partial charge in [-0.3, -0.25) is 0 Å². The topological polar surface area (TPSA) is 12.0 Å². The average molecular weight is 251 g/mol. The molecule has 0 amide bonds. The van der Waals surface area contributed by atoms with E-state index in [0.717, 1.165) is 30.5 Å². The quantitative estimate of drug-likeness (QED) is 0.783. The van der Waals surface area contributed by atoms with Crippen molar-refractivity contribution in [2.45, 2.75) is 53.5 Å². The van der Waals surface area contributed by atoms with E-state index in [4.69, 9.17) is 0 Å². The molecule has 102 valence electrons. The molecule has 1 nitrogen and oxygen atoms in total. The average Bonchev–Trinajstić information content (AvgIpc) is 2.35. The van der Waals surface area contributed by atoms with Crippen LogP contribution in [-0.4, -0.2) is 6.54 Å². The molecule has 0 aliphatic heterocycles. The van der Waals surface area contributed by atoms with Crippen LogP contribution in [0.4, 0.5) is 4.39 Å². The van der Waals surface area contributed by atoms with Crippen LogP contribution in [0.15, 0.2) is 12.1 Å². The number of halogens is 1. The molecule has 0 aromatic heterocycles. The summed E-state index contributed by atoms with van der Waals surface area (Å²) in [7, 11) is 0. The van der Waals surface area contributed by atoms with Crippen LogP contribution in [0, 0.1) is 25.6 Å². The molecule has 2 heteroatoms. The lowest BCUT2D eigenvalue weighted by molar-refractivity contribution is 0.376. The molecule has 0 aliphatic carbocycles. The fraction of sp³-hybridized carbons (Fsp3) is 0.625. The van der Waals surface area contributed by atoms with Crippen molar-refractivity contribution >= 4 is 0 Å². The van der Waals surface area contributed by atoms with Gasteiger partial charge in [0.15, 0.2) is 0 Å². The molecule has 0 aliphatic rings. The van der Waals surface area contributed by atoms with Crippen molar-refractivity contribution in [2.75, 3.05) is 6.54 Å². The maximum Gasteiger partial charge on any atom is 0.129 e. The Morgan fingerprint density at radius 3 is 2.17 bits per heavy atom. The molecule has 2 atom stereocenters. The van der Waals surface area contributed by atoms with Crippen molar-refractivity contribution < 1.29 is 4.39 Å². The van der Waals surface area contributed by atoms with E-state index in [2.05, 4.69) is 26.1 Å². The molecule has 0 heterocycles. The highest BCUT2D eigenvalue weighted by Crippen LogP contribution is 2.27. The van der Waals surface area contributed by atoms with Crippen molar-refractivity contribution in [1.29, 1.82) is 0 Å². The summed E-state index contributed by atoms with van der Waals surface area (Å²) in [5.41, 5.74) is 2.71. The molecule has 0 fully saturated rings.